The van der Waals surface area contributed by atoms with Crippen LogP contribution in [-0.4, -0.2) is 11.6 Å². The molecule has 1 aromatic carbocycles. The average molecular weight is 275 g/mol. The van der Waals surface area contributed by atoms with E-state index in [0.717, 1.165) is 5.69 Å². The summed E-state index contributed by atoms with van der Waals surface area (Å²) < 4.78 is 28.3. The molecule has 6 heteroatoms. The number of rotatable bonds is 4. The van der Waals surface area contributed by atoms with E-state index < -0.39 is 6.61 Å². The van der Waals surface area contributed by atoms with Gasteiger partial charge in [0, 0.05) is 11.4 Å². The summed E-state index contributed by atoms with van der Waals surface area (Å²) in [5, 5.41) is 12.0. The zero-order valence-corrected chi connectivity index (χ0v) is 10.6. The van der Waals surface area contributed by atoms with Crippen LogP contribution in [0.5, 0.6) is 5.75 Å². The maximum atomic E-state index is 12.0. The van der Waals surface area contributed by atoms with Crippen molar-refractivity contribution in [3.63, 3.8) is 0 Å². The monoisotopic (exact) mass is 275 g/mol. The number of nitrogens with zero attached hydrogens (tertiary/aromatic N) is 2. The number of pyridine rings is 1. The average Bonchev–Trinajstić information content (AvgIpc) is 2.41. The molecule has 4 nitrogen and oxygen atoms in total. The lowest BCUT2D eigenvalue weighted by atomic mass is 10.2. The number of anilines is 2. The maximum absolute atomic E-state index is 12.0. The second-order valence-electron chi connectivity index (χ2n) is 3.99. The number of halogens is 2. The van der Waals surface area contributed by atoms with Crippen molar-refractivity contribution in [1.82, 2.24) is 4.98 Å². The van der Waals surface area contributed by atoms with Gasteiger partial charge in [0.15, 0.2) is 0 Å². The Balaban J connectivity index is 2.18. The minimum absolute atomic E-state index is 0.0725. The number of nitriles is 1. The van der Waals surface area contributed by atoms with Crippen LogP contribution in [0.4, 0.5) is 20.3 Å². The fraction of sp³-hybridized carbons (Fsp3) is 0.143. The molecule has 0 bridgehead atoms. The van der Waals surface area contributed by atoms with Crippen LogP contribution in [0, 0.1) is 18.3 Å². The fourth-order valence-electron chi connectivity index (χ4n) is 1.60. The summed E-state index contributed by atoms with van der Waals surface area (Å²) in [5.74, 6) is 0.498. The molecule has 0 saturated heterocycles. The maximum Gasteiger partial charge on any atom is 0.387 e. The van der Waals surface area contributed by atoms with Gasteiger partial charge in [-0.2, -0.15) is 14.0 Å². The van der Waals surface area contributed by atoms with E-state index in [9.17, 15) is 8.78 Å². The molecule has 0 unspecified atom stereocenters. The van der Waals surface area contributed by atoms with Gasteiger partial charge in [-0.3, -0.25) is 0 Å². The Kier molecular flexibility index (Phi) is 4.11. The van der Waals surface area contributed by atoms with E-state index in [-0.39, 0.29) is 5.75 Å². The highest BCUT2D eigenvalue weighted by molar-refractivity contribution is 5.63. The molecule has 0 fully saturated rings. The Morgan fingerprint density at radius 3 is 2.50 bits per heavy atom. The van der Waals surface area contributed by atoms with Crippen molar-refractivity contribution in [3.8, 4) is 11.8 Å². The van der Waals surface area contributed by atoms with Crippen LogP contribution < -0.4 is 10.1 Å². The number of alkyl halides is 2. The van der Waals surface area contributed by atoms with Crippen LogP contribution in [0.2, 0.25) is 0 Å². The Hall–Kier alpha value is -2.68. The fourth-order valence-corrected chi connectivity index (χ4v) is 1.60. The first-order valence-electron chi connectivity index (χ1n) is 5.78. The number of benzene rings is 1. The summed E-state index contributed by atoms with van der Waals surface area (Å²) in [4.78, 5) is 4.23. The van der Waals surface area contributed by atoms with Crippen molar-refractivity contribution in [2.24, 2.45) is 0 Å². The minimum atomic E-state index is -2.85. The predicted molar refractivity (Wildman–Crippen MR) is 70.0 cm³/mol. The van der Waals surface area contributed by atoms with E-state index in [2.05, 4.69) is 15.0 Å². The summed E-state index contributed by atoms with van der Waals surface area (Å²) in [7, 11) is 0. The molecule has 1 N–H and O–H groups in total. The lowest BCUT2D eigenvalue weighted by Crippen LogP contribution is -2.02. The molecule has 102 valence electrons. The third kappa shape index (κ3) is 3.42. The molecule has 0 amide bonds. The third-order valence-corrected chi connectivity index (χ3v) is 2.50. The van der Waals surface area contributed by atoms with Gasteiger partial charge < -0.3 is 10.1 Å². The lowest BCUT2D eigenvalue weighted by molar-refractivity contribution is -0.0498. The van der Waals surface area contributed by atoms with Gasteiger partial charge in [0.2, 0.25) is 0 Å². The molecule has 0 saturated carbocycles. The van der Waals surface area contributed by atoms with Gasteiger partial charge >= 0.3 is 6.61 Å². The van der Waals surface area contributed by atoms with Gasteiger partial charge in [-0.05, 0) is 43.3 Å². The highest BCUT2D eigenvalue weighted by atomic mass is 19.3. The molecule has 2 rings (SSSR count). The second kappa shape index (κ2) is 5.97. The standard InChI is InChI=1S/C14H11F2N3O/c1-9-2-3-10(8-17)13(18-9)19-11-4-6-12(7-5-11)20-14(15)16/h2-7,14H,1H3,(H,18,19). The number of aryl methyl sites for hydroxylation is 1. The zero-order valence-electron chi connectivity index (χ0n) is 10.6. The van der Waals surface area contributed by atoms with Gasteiger partial charge in [0.1, 0.15) is 17.6 Å². The lowest BCUT2D eigenvalue weighted by Gasteiger charge is -2.09. The van der Waals surface area contributed by atoms with Crippen molar-refractivity contribution in [1.29, 1.82) is 5.26 Å². The molecule has 0 atom stereocenters. The topological polar surface area (TPSA) is 57.9 Å². The molecule has 1 aromatic heterocycles. The van der Waals surface area contributed by atoms with Crippen LogP contribution in [0.1, 0.15) is 11.3 Å². The Morgan fingerprint density at radius 1 is 1.20 bits per heavy atom. The second-order valence-corrected chi connectivity index (χ2v) is 3.99. The van der Waals surface area contributed by atoms with Gasteiger partial charge in [0.05, 0.1) is 5.56 Å². The summed E-state index contributed by atoms with van der Waals surface area (Å²) in [6.07, 6.45) is 0. The number of nitrogens with one attached hydrogen (secondary N) is 1. The smallest absolute Gasteiger partial charge is 0.387 e. The first kappa shape index (κ1) is 13.7. The molecule has 20 heavy (non-hydrogen) atoms. The van der Waals surface area contributed by atoms with Gasteiger partial charge in [-0.1, -0.05) is 0 Å². The van der Waals surface area contributed by atoms with Crippen molar-refractivity contribution in [2.75, 3.05) is 5.32 Å². The summed E-state index contributed by atoms with van der Waals surface area (Å²) in [6, 6.07) is 11.4. The van der Waals surface area contributed by atoms with Crippen LogP contribution in [0.15, 0.2) is 36.4 Å². The van der Waals surface area contributed by atoms with Crippen molar-refractivity contribution >= 4 is 11.5 Å². The first-order chi connectivity index (χ1) is 9.58. The van der Waals surface area contributed by atoms with Gasteiger partial charge in [0.25, 0.3) is 0 Å². The molecule has 0 spiro atoms. The van der Waals surface area contributed by atoms with Crippen LogP contribution in [-0.2, 0) is 0 Å². The van der Waals surface area contributed by atoms with E-state index in [1.54, 1.807) is 24.3 Å². The summed E-state index contributed by atoms with van der Waals surface area (Å²) in [6.45, 7) is -1.04. The van der Waals surface area contributed by atoms with E-state index in [1.807, 2.05) is 13.0 Å². The van der Waals surface area contributed by atoms with E-state index in [1.165, 1.54) is 12.1 Å². The van der Waals surface area contributed by atoms with Crippen LogP contribution >= 0.6 is 0 Å². The summed E-state index contributed by atoms with van der Waals surface area (Å²) in [5.41, 5.74) is 1.80. The van der Waals surface area contributed by atoms with Gasteiger partial charge in [-0.15, -0.1) is 0 Å². The van der Waals surface area contributed by atoms with Crippen molar-refractivity contribution in [3.05, 3.63) is 47.7 Å². The molecular formula is C14H11F2N3O. The third-order valence-electron chi connectivity index (χ3n) is 2.50. The number of ether oxygens (including phenoxy) is 1. The SMILES string of the molecule is Cc1ccc(C#N)c(Nc2ccc(OC(F)F)cc2)n1. The number of hydrogen-bond donors (Lipinski definition) is 1. The van der Waals surface area contributed by atoms with Crippen molar-refractivity contribution < 1.29 is 13.5 Å². The van der Waals surface area contributed by atoms with Crippen molar-refractivity contribution in [2.45, 2.75) is 13.5 Å². The molecule has 0 radical (unpaired) electrons. The summed E-state index contributed by atoms with van der Waals surface area (Å²) >= 11 is 0. The Bertz CT molecular complexity index is 636. The van der Waals surface area contributed by atoms with E-state index in [4.69, 9.17) is 5.26 Å². The number of aromatic nitrogens is 1. The van der Waals surface area contributed by atoms with E-state index in [0.29, 0.717) is 17.1 Å². The molecule has 1 heterocycles. The van der Waals surface area contributed by atoms with Gasteiger partial charge in [-0.25, -0.2) is 4.98 Å². The van der Waals surface area contributed by atoms with Crippen LogP contribution in [0.25, 0.3) is 0 Å². The molecule has 0 aliphatic carbocycles. The Labute approximate surface area is 114 Å². The van der Waals surface area contributed by atoms with Crippen LogP contribution in [0.3, 0.4) is 0 Å². The molecular weight excluding hydrogens is 264 g/mol. The zero-order chi connectivity index (χ0) is 14.5. The molecule has 0 aliphatic rings. The minimum Gasteiger partial charge on any atom is -0.435 e. The molecule has 2 aromatic rings. The quantitative estimate of drug-likeness (QED) is 0.926. The normalized spacial score (nSPS) is 10.2. The highest BCUT2D eigenvalue weighted by Crippen LogP contribution is 2.22. The largest absolute Gasteiger partial charge is 0.435 e. The predicted octanol–water partition coefficient (Wildman–Crippen LogP) is 3.61. The Morgan fingerprint density at radius 2 is 1.90 bits per heavy atom. The first-order valence-corrected chi connectivity index (χ1v) is 5.78. The highest BCUT2D eigenvalue weighted by Gasteiger charge is 2.06. The number of hydrogen-bond acceptors (Lipinski definition) is 4. The molecule has 0 aliphatic heterocycles. The van der Waals surface area contributed by atoms with E-state index >= 15 is 0 Å².